The summed E-state index contributed by atoms with van der Waals surface area (Å²) in [5.74, 6) is 0.448. The molecule has 1 atom stereocenters. The van der Waals surface area contributed by atoms with E-state index in [1.54, 1.807) is 6.07 Å². The first-order chi connectivity index (χ1) is 10.6. The molecule has 120 valence electrons. The molecule has 1 unspecified atom stereocenters. The zero-order chi connectivity index (χ0) is 15.9. The zero-order valence-electron chi connectivity index (χ0n) is 12.1. The van der Waals surface area contributed by atoms with Crippen LogP contribution in [0.15, 0.2) is 18.2 Å². The van der Waals surface area contributed by atoms with Crippen molar-refractivity contribution in [3.05, 3.63) is 23.8 Å². The van der Waals surface area contributed by atoms with Crippen molar-refractivity contribution in [2.45, 2.75) is 25.2 Å². The highest BCUT2D eigenvalue weighted by molar-refractivity contribution is 9.09. The van der Waals surface area contributed by atoms with Gasteiger partial charge >= 0.3 is 6.09 Å². The summed E-state index contributed by atoms with van der Waals surface area (Å²) in [5, 5.41) is 14.8. The summed E-state index contributed by atoms with van der Waals surface area (Å²) in [6.45, 7) is 0.851. The molecule has 1 aromatic rings. The van der Waals surface area contributed by atoms with E-state index in [1.807, 2.05) is 12.1 Å². The van der Waals surface area contributed by atoms with Crippen molar-refractivity contribution in [3.63, 3.8) is 0 Å². The number of unbranched alkanes of at least 4 members (excludes halogenated alkanes) is 1. The number of halogens is 1. The van der Waals surface area contributed by atoms with Crippen LogP contribution < -0.4 is 15.4 Å². The summed E-state index contributed by atoms with van der Waals surface area (Å²) in [7, 11) is 0. The molecule has 3 N–H and O–H groups in total. The van der Waals surface area contributed by atoms with Gasteiger partial charge in [0.05, 0.1) is 6.61 Å². The van der Waals surface area contributed by atoms with Crippen molar-refractivity contribution in [1.82, 2.24) is 5.32 Å². The van der Waals surface area contributed by atoms with E-state index in [2.05, 4.69) is 26.6 Å². The van der Waals surface area contributed by atoms with Gasteiger partial charge in [-0.05, 0) is 24.5 Å². The highest BCUT2D eigenvalue weighted by atomic mass is 79.9. The lowest BCUT2D eigenvalue weighted by Crippen LogP contribution is -2.32. The maximum Gasteiger partial charge on any atom is 0.404 e. The highest BCUT2D eigenvalue weighted by Gasteiger charge is 2.25. The van der Waals surface area contributed by atoms with Crippen molar-refractivity contribution in [1.29, 1.82) is 0 Å². The molecule has 0 saturated carbocycles. The molecule has 7 heteroatoms. The molecule has 0 spiro atoms. The van der Waals surface area contributed by atoms with E-state index >= 15 is 0 Å². The van der Waals surface area contributed by atoms with Crippen molar-refractivity contribution in [2.24, 2.45) is 0 Å². The van der Waals surface area contributed by atoms with Crippen molar-refractivity contribution in [2.75, 3.05) is 23.8 Å². The van der Waals surface area contributed by atoms with Crippen LogP contribution in [0.4, 0.5) is 10.5 Å². The first-order valence-corrected chi connectivity index (χ1v) is 8.31. The Hall–Kier alpha value is -1.76. The van der Waals surface area contributed by atoms with Gasteiger partial charge in [-0.25, -0.2) is 4.79 Å². The number of rotatable bonds is 7. The van der Waals surface area contributed by atoms with Gasteiger partial charge in [-0.2, -0.15) is 0 Å². The molecule has 6 nitrogen and oxygen atoms in total. The number of alkyl halides is 1. The van der Waals surface area contributed by atoms with Crippen LogP contribution in [0.3, 0.4) is 0 Å². The van der Waals surface area contributed by atoms with Gasteiger partial charge in [0.2, 0.25) is 5.91 Å². The molecule has 1 heterocycles. The molecule has 0 fully saturated rings. The third-order valence-corrected chi connectivity index (χ3v) is 4.03. The fourth-order valence-electron chi connectivity index (χ4n) is 2.40. The monoisotopic (exact) mass is 370 g/mol. The van der Waals surface area contributed by atoms with Crippen LogP contribution in [0.25, 0.3) is 0 Å². The summed E-state index contributed by atoms with van der Waals surface area (Å²) in [5.41, 5.74) is 1.63. The Morgan fingerprint density at radius 3 is 3.00 bits per heavy atom. The predicted molar refractivity (Wildman–Crippen MR) is 87.0 cm³/mol. The third-order valence-electron chi connectivity index (χ3n) is 3.47. The number of hydrogen-bond donors (Lipinski definition) is 3. The third kappa shape index (κ3) is 4.62. The molecule has 0 radical (unpaired) electrons. The Morgan fingerprint density at radius 1 is 1.45 bits per heavy atom. The predicted octanol–water partition coefficient (Wildman–Crippen LogP) is 2.93. The average molecular weight is 371 g/mol. The van der Waals surface area contributed by atoms with Crippen LogP contribution in [0.2, 0.25) is 0 Å². The second-order valence-corrected chi connectivity index (χ2v) is 5.92. The second kappa shape index (κ2) is 8.03. The van der Waals surface area contributed by atoms with Crippen LogP contribution in [-0.2, 0) is 4.79 Å². The number of carbonyl (C=O) groups is 2. The minimum atomic E-state index is -1.08. The summed E-state index contributed by atoms with van der Waals surface area (Å²) in [6, 6.07) is 5.55. The van der Waals surface area contributed by atoms with E-state index in [-0.39, 0.29) is 24.8 Å². The van der Waals surface area contributed by atoms with Gasteiger partial charge in [0, 0.05) is 36.0 Å². The fraction of sp³-hybridized carbons (Fsp3) is 0.467. The van der Waals surface area contributed by atoms with Gasteiger partial charge in [0.1, 0.15) is 5.75 Å². The Balaban J connectivity index is 2.05. The summed E-state index contributed by atoms with van der Waals surface area (Å²) >= 11 is 3.37. The fourth-order valence-corrected chi connectivity index (χ4v) is 2.80. The molecule has 0 bridgehead atoms. The quantitative estimate of drug-likeness (QED) is 0.508. The lowest BCUT2D eigenvalue weighted by Gasteiger charge is -2.26. The zero-order valence-corrected chi connectivity index (χ0v) is 13.7. The number of anilines is 1. The SMILES string of the molecule is O=C(O)NCC1CC(=O)Nc2cc(OCCCCBr)ccc21. The maximum atomic E-state index is 11.8. The van der Waals surface area contributed by atoms with Gasteiger partial charge in [-0.1, -0.05) is 22.0 Å². The standard InChI is InChI=1S/C15H19BrN2O4/c16-5-1-2-6-22-11-3-4-12-10(9-17-15(20)21)7-14(19)18-13(12)8-11/h3-4,8,10,17H,1-2,5-7,9H2,(H,18,19)(H,20,21). The average Bonchev–Trinajstić information content (AvgIpc) is 2.48. The minimum absolute atomic E-state index is 0.110. The highest BCUT2D eigenvalue weighted by Crippen LogP contribution is 2.34. The van der Waals surface area contributed by atoms with E-state index in [0.29, 0.717) is 18.0 Å². The van der Waals surface area contributed by atoms with Crippen LogP contribution in [-0.4, -0.2) is 35.6 Å². The van der Waals surface area contributed by atoms with Crippen LogP contribution >= 0.6 is 15.9 Å². The minimum Gasteiger partial charge on any atom is -0.494 e. The number of carboxylic acid groups (broad SMARTS) is 1. The van der Waals surface area contributed by atoms with E-state index < -0.39 is 6.09 Å². The molecule has 1 aliphatic rings. The van der Waals surface area contributed by atoms with Gasteiger partial charge < -0.3 is 20.5 Å². The first kappa shape index (κ1) is 16.6. The molecule has 0 aromatic heterocycles. The van der Waals surface area contributed by atoms with Crippen molar-refractivity contribution >= 4 is 33.6 Å². The van der Waals surface area contributed by atoms with E-state index in [0.717, 1.165) is 23.7 Å². The Kier molecular flexibility index (Phi) is 6.06. The second-order valence-electron chi connectivity index (χ2n) is 5.13. The Labute approximate surface area is 137 Å². The topological polar surface area (TPSA) is 87.7 Å². The molecular weight excluding hydrogens is 352 g/mol. The molecule has 1 aromatic carbocycles. The van der Waals surface area contributed by atoms with Crippen LogP contribution in [0, 0.1) is 0 Å². The number of benzene rings is 1. The smallest absolute Gasteiger partial charge is 0.404 e. The Morgan fingerprint density at radius 2 is 2.27 bits per heavy atom. The molecule has 2 amide bonds. The van der Waals surface area contributed by atoms with E-state index in [9.17, 15) is 9.59 Å². The number of amides is 2. The molecule has 22 heavy (non-hydrogen) atoms. The number of carbonyl (C=O) groups excluding carboxylic acids is 1. The lowest BCUT2D eigenvalue weighted by molar-refractivity contribution is -0.116. The summed E-state index contributed by atoms with van der Waals surface area (Å²) in [6.07, 6.45) is 1.20. The number of fused-ring (bicyclic) bond motifs is 1. The van der Waals surface area contributed by atoms with Gasteiger partial charge in [0.25, 0.3) is 0 Å². The summed E-state index contributed by atoms with van der Waals surface area (Å²) < 4.78 is 5.66. The van der Waals surface area contributed by atoms with Gasteiger partial charge in [-0.3, -0.25) is 4.79 Å². The lowest BCUT2D eigenvalue weighted by atomic mass is 9.90. The molecule has 0 aliphatic carbocycles. The number of nitrogens with one attached hydrogen (secondary N) is 2. The van der Waals surface area contributed by atoms with E-state index in [4.69, 9.17) is 9.84 Å². The van der Waals surface area contributed by atoms with Crippen LogP contribution in [0.5, 0.6) is 5.75 Å². The number of hydrogen-bond acceptors (Lipinski definition) is 3. The normalized spacial score (nSPS) is 16.6. The van der Waals surface area contributed by atoms with Gasteiger partial charge in [-0.15, -0.1) is 0 Å². The largest absolute Gasteiger partial charge is 0.494 e. The van der Waals surface area contributed by atoms with Gasteiger partial charge in [0.15, 0.2) is 0 Å². The maximum absolute atomic E-state index is 11.8. The molecule has 2 rings (SSSR count). The molecule has 0 saturated heterocycles. The van der Waals surface area contributed by atoms with Crippen LogP contribution in [0.1, 0.15) is 30.7 Å². The molecule has 1 aliphatic heterocycles. The number of ether oxygens (including phenoxy) is 1. The Bertz CT molecular complexity index is 550. The van der Waals surface area contributed by atoms with E-state index in [1.165, 1.54) is 0 Å². The molecular formula is C15H19BrN2O4. The summed E-state index contributed by atoms with van der Waals surface area (Å²) in [4.78, 5) is 22.4. The van der Waals surface area contributed by atoms with Crippen molar-refractivity contribution in [3.8, 4) is 5.75 Å². The van der Waals surface area contributed by atoms with Crippen molar-refractivity contribution < 1.29 is 19.4 Å². The first-order valence-electron chi connectivity index (χ1n) is 7.19.